The van der Waals surface area contributed by atoms with Crippen LogP contribution in [-0.2, 0) is 11.2 Å². The third kappa shape index (κ3) is 3.09. The maximum absolute atomic E-state index is 12.2. The van der Waals surface area contributed by atoms with Gasteiger partial charge >= 0.3 is 5.63 Å². The number of nitrogens with zero attached hydrogens (tertiary/aromatic N) is 1. The second kappa shape index (κ2) is 6.33. The molecule has 122 valence electrons. The topological polar surface area (TPSA) is 92.4 Å². The van der Waals surface area contributed by atoms with Crippen LogP contribution in [0.25, 0.3) is 11.0 Å². The minimum Gasteiger partial charge on any atom is -0.506 e. The number of carbonyl (C=O) groups is 1. The number of aromatic nitrogens is 1. The van der Waals surface area contributed by atoms with E-state index in [1.807, 2.05) is 0 Å². The van der Waals surface area contributed by atoms with E-state index in [-0.39, 0.29) is 34.2 Å². The van der Waals surface area contributed by atoms with Crippen LogP contribution in [0.1, 0.15) is 11.1 Å². The highest BCUT2D eigenvalue weighted by Crippen LogP contribution is 2.30. The minimum atomic E-state index is -0.627. The summed E-state index contributed by atoms with van der Waals surface area (Å²) in [6, 6.07) is 7.91. The zero-order valence-electron chi connectivity index (χ0n) is 12.7. The molecule has 0 unspecified atom stereocenters. The van der Waals surface area contributed by atoms with E-state index in [1.165, 1.54) is 12.1 Å². The summed E-state index contributed by atoms with van der Waals surface area (Å²) in [6.45, 7) is 1.70. The van der Waals surface area contributed by atoms with Crippen LogP contribution < -0.4 is 10.9 Å². The third-order valence-electron chi connectivity index (χ3n) is 3.62. The van der Waals surface area contributed by atoms with Gasteiger partial charge in [-0.2, -0.15) is 0 Å². The number of benzene rings is 1. The van der Waals surface area contributed by atoms with Crippen LogP contribution in [-0.4, -0.2) is 16.0 Å². The van der Waals surface area contributed by atoms with Gasteiger partial charge in [0.1, 0.15) is 17.2 Å². The smallest absolute Gasteiger partial charge is 0.340 e. The van der Waals surface area contributed by atoms with Crippen molar-refractivity contribution in [1.82, 2.24) is 4.98 Å². The van der Waals surface area contributed by atoms with E-state index in [0.717, 1.165) is 0 Å². The van der Waals surface area contributed by atoms with Gasteiger partial charge in [-0.15, -0.1) is 0 Å². The Kier molecular flexibility index (Phi) is 4.22. The molecule has 6 nitrogen and oxygen atoms in total. The summed E-state index contributed by atoms with van der Waals surface area (Å²) in [5.41, 5.74) is 0.406. The van der Waals surface area contributed by atoms with Gasteiger partial charge in [0.2, 0.25) is 5.91 Å². The maximum atomic E-state index is 12.2. The molecule has 2 aromatic heterocycles. The van der Waals surface area contributed by atoms with Crippen molar-refractivity contribution < 1.29 is 14.3 Å². The van der Waals surface area contributed by atoms with Crippen molar-refractivity contribution in [3.8, 4) is 5.75 Å². The first-order chi connectivity index (χ1) is 11.5. The SMILES string of the molecule is Cc1c(CC(=O)Nc2ccccn2)c(=O)oc2cc(O)c(Cl)cc12. The van der Waals surface area contributed by atoms with Gasteiger partial charge in [0, 0.05) is 17.6 Å². The van der Waals surface area contributed by atoms with Crippen LogP contribution in [0.5, 0.6) is 5.75 Å². The monoisotopic (exact) mass is 344 g/mol. The highest BCUT2D eigenvalue weighted by atomic mass is 35.5. The molecule has 0 aliphatic heterocycles. The molecule has 0 spiro atoms. The molecule has 3 aromatic rings. The number of rotatable bonds is 3. The average Bonchev–Trinajstić information content (AvgIpc) is 2.55. The van der Waals surface area contributed by atoms with E-state index in [4.69, 9.17) is 16.0 Å². The zero-order valence-corrected chi connectivity index (χ0v) is 13.4. The van der Waals surface area contributed by atoms with Gasteiger partial charge in [-0.1, -0.05) is 17.7 Å². The molecule has 2 heterocycles. The Balaban J connectivity index is 1.96. The first kappa shape index (κ1) is 16.0. The van der Waals surface area contributed by atoms with Crippen molar-refractivity contribution in [1.29, 1.82) is 0 Å². The van der Waals surface area contributed by atoms with Gasteiger partial charge in [0.05, 0.1) is 17.0 Å². The Morgan fingerprint density at radius 2 is 2.17 bits per heavy atom. The minimum absolute atomic E-state index is 0.142. The lowest BCUT2D eigenvalue weighted by molar-refractivity contribution is -0.115. The van der Waals surface area contributed by atoms with E-state index in [0.29, 0.717) is 16.8 Å². The van der Waals surface area contributed by atoms with Crippen LogP contribution in [0.4, 0.5) is 5.82 Å². The average molecular weight is 345 g/mol. The van der Waals surface area contributed by atoms with Crippen LogP contribution in [0.3, 0.4) is 0 Å². The van der Waals surface area contributed by atoms with Crippen molar-refractivity contribution in [2.24, 2.45) is 0 Å². The Morgan fingerprint density at radius 3 is 2.88 bits per heavy atom. The Bertz CT molecular complexity index is 983. The highest BCUT2D eigenvalue weighted by molar-refractivity contribution is 6.32. The Hall–Kier alpha value is -2.86. The molecule has 0 saturated heterocycles. The van der Waals surface area contributed by atoms with Crippen molar-refractivity contribution in [3.05, 3.63) is 63.1 Å². The molecule has 0 bridgehead atoms. The lowest BCUT2D eigenvalue weighted by atomic mass is 10.0. The quantitative estimate of drug-likeness (QED) is 0.712. The fraction of sp³-hybridized carbons (Fsp3) is 0.118. The molecular formula is C17H13ClN2O4. The van der Waals surface area contributed by atoms with Gasteiger partial charge in [0.15, 0.2) is 0 Å². The number of amides is 1. The largest absolute Gasteiger partial charge is 0.506 e. The summed E-state index contributed by atoms with van der Waals surface area (Å²) < 4.78 is 5.19. The standard InChI is InChI=1S/C17H13ClN2O4/c1-9-10-6-12(18)13(21)8-14(10)24-17(23)11(9)7-16(22)20-15-4-2-3-5-19-15/h2-6,8,21H,7H2,1H3,(H,19,20,22). The summed E-state index contributed by atoms with van der Waals surface area (Å²) in [4.78, 5) is 28.3. The Morgan fingerprint density at radius 1 is 1.38 bits per heavy atom. The van der Waals surface area contributed by atoms with Crippen molar-refractivity contribution in [2.75, 3.05) is 5.32 Å². The molecule has 1 aromatic carbocycles. The van der Waals surface area contributed by atoms with Crippen LogP contribution >= 0.6 is 11.6 Å². The number of hydrogen-bond acceptors (Lipinski definition) is 5. The molecule has 24 heavy (non-hydrogen) atoms. The van der Waals surface area contributed by atoms with Gasteiger partial charge in [-0.3, -0.25) is 4.79 Å². The lowest BCUT2D eigenvalue weighted by Crippen LogP contribution is -2.21. The second-order valence-electron chi connectivity index (χ2n) is 5.23. The molecule has 3 rings (SSSR count). The first-order valence-corrected chi connectivity index (χ1v) is 7.49. The predicted octanol–water partition coefficient (Wildman–Crippen LogP) is 3.04. The van der Waals surface area contributed by atoms with Gasteiger partial charge in [-0.25, -0.2) is 9.78 Å². The summed E-state index contributed by atoms with van der Waals surface area (Å²) in [5.74, 6) is -0.154. The molecule has 0 aliphatic carbocycles. The maximum Gasteiger partial charge on any atom is 0.340 e. The molecule has 1 amide bonds. The number of aromatic hydroxyl groups is 1. The van der Waals surface area contributed by atoms with E-state index in [1.54, 1.807) is 31.3 Å². The highest BCUT2D eigenvalue weighted by Gasteiger charge is 2.16. The van der Waals surface area contributed by atoms with Gasteiger partial charge < -0.3 is 14.8 Å². The number of halogens is 1. The molecule has 0 saturated carbocycles. The number of phenolic OH excluding ortho intramolecular Hbond substituents is 1. The van der Waals surface area contributed by atoms with E-state index < -0.39 is 5.63 Å². The van der Waals surface area contributed by atoms with Crippen LogP contribution in [0, 0.1) is 6.92 Å². The summed E-state index contributed by atoms with van der Waals surface area (Å²) in [5, 5.41) is 12.9. The number of hydrogen-bond donors (Lipinski definition) is 2. The number of phenols is 1. The van der Waals surface area contributed by atoms with Crippen molar-refractivity contribution in [3.63, 3.8) is 0 Å². The van der Waals surface area contributed by atoms with Gasteiger partial charge in [0.25, 0.3) is 0 Å². The fourth-order valence-electron chi connectivity index (χ4n) is 2.39. The zero-order chi connectivity index (χ0) is 17.3. The number of anilines is 1. The first-order valence-electron chi connectivity index (χ1n) is 7.11. The molecular weight excluding hydrogens is 332 g/mol. The molecule has 2 N–H and O–H groups in total. The Labute approximate surface area is 141 Å². The van der Waals surface area contributed by atoms with E-state index in [9.17, 15) is 14.7 Å². The summed E-state index contributed by atoms with van der Waals surface area (Å²) >= 11 is 5.91. The number of nitrogens with one attached hydrogen (secondary N) is 1. The van der Waals surface area contributed by atoms with Crippen LogP contribution in [0.2, 0.25) is 5.02 Å². The molecule has 0 atom stereocenters. The number of carbonyl (C=O) groups excluding carboxylic acids is 1. The van der Waals surface area contributed by atoms with Gasteiger partial charge in [-0.05, 0) is 30.7 Å². The fourth-order valence-corrected chi connectivity index (χ4v) is 2.55. The lowest BCUT2D eigenvalue weighted by Gasteiger charge is -2.09. The van der Waals surface area contributed by atoms with Crippen molar-refractivity contribution >= 4 is 34.3 Å². The number of fused-ring (bicyclic) bond motifs is 1. The third-order valence-corrected chi connectivity index (χ3v) is 3.93. The van der Waals surface area contributed by atoms with Crippen LogP contribution in [0.15, 0.2) is 45.7 Å². The normalized spacial score (nSPS) is 10.8. The molecule has 0 radical (unpaired) electrons. The predicted molar refractivity (Wildman–Crippen MR) is 90.5 cm³/mol. The number of pyridine rings is 1. The molecule has 0 aliphatic rings. The summed E-state index contributed by atoms with van der Waals surface area (Å²) in [7, 11) is 0. The molecule has 7 heteroatoms. The second-order valence-corrected chi connectivity index (χ2v) is 5.64. The summed E-state index contributed by atoms with van der Waals surface area (Å²) in [6.07, 6.45) is 1.40. The van der Waals surface area contributed by atoms with Crippen molar-refractivity contribution in [2.45, 2.75) is 13.3 Å². The van der Waals surface area contributed by atoms with E-state index >= 15 is 0 Å². The molecule has 0 fully saturated rings. The number of aryl methyl sites for hydroxylation is 1. The van der Waals surface area contributed by atoms with E-state index in [2.05, 4.69) is 10.3 Å².